The lowest BCUT2D eigenvalue weighted by molar-refractivity contribution is -0.119. The normalized spacial score (nSPS) is 14.5. The molecule has 2 aromatic carbocycles. The molecule has 0 radical (unpaired) electrons. The van der Waals surface area contributed by atoms with Crippen molar-refractivity contribution in [2.24, 2.45) is 0 Å². The number of ether oxygens (including phenoxy) is 2. The van der Waals surface area contributed by atoms with Crippen LogP contribution in [0.15, 0.2) is 51.7 Å². The van der Waals surface area contributed by atoms with Gasteiger partial charge < -0.3 is 13.9 Å². The highest BCUT2D eigenvalue weighted by Gasteiger charge is 2.23. The molecule has 1 aliphatic rings. The number of morpholine rings is 1. The highest BCUT2D eigenvalue weighted by atomic mass is 32.1. The van der Waals surface area contributed by atoms with Crippen LogP contribution in [0.25, 0.3) is 21.3 Å². The van der Waals surface area contributed by atoms with E-state index in [2.05, 4.69) is 4.90 Å². The molecule has 0 unspecified atom stereocenters. The van der Waals surface area contributed by atoms with Crippen molar-refractivity contribution in [1.82, 2.24) is 14.5 Å². The molecule has 0 aliphatic carbocycles. The zero-order chi connectivity index (χ0) is 24.2. The maximum atomic E-state index is 13.6. The first-order valence-corrected chi connectivity index (χ1v) is 12.7. The maximum Gasteiger partial charge on any atom is 0.420 e. The molecule has 3 heterocycles. The molecule has 1 aliphatic heterocycles. The molecule has 2 aromatic heterocycles. The van der Waals surface area contributed by atoms with Gasteiger partial charge in [0, 0.05) is 26.2 Å². The van der Waals surface area contributed by atoms with Crippen LogP contribution in [0.2, 0.25) is 0 Å². The van der Waals surface area contributed by atoms with E-state index in [1.165, 1.54) is 15.9 Å². The molecule has 184 valence electrons. The summed E-state index contributed by atoms with van der Waals surface area (Å²) in [6, 6.07) is 12.9. The van der Waals surface area contributed by atoms with E-state index in [9.17, 15) is 9.59 Å². The van der Waals surface area contributed by atoms with Crippen molar-refractivity contribution in [2.45, 2.75) is 19.9 Å². The average molecular weight is 497 g/mol. The Bertz CT molecular complexity index is 1370. The smallest absolute Gasteiger partial charge is 0.420 e. The van der Waals surface area contributed by atoms with Crippen LogP contribution < -0.4 is 15.4 Å². The number of hydrogen-bond donors (Lipinski definition) is 0. The van der Waals surface area contributed by atoms with Crippen LogP contribution in [0, 0.1) is 0 Å². The van der Waals surface area contributed by atoms with E-state index in [1.54, 1.807) is 23.1 Å². The number of anilines is 1. The van der Waals surface area contributed by atoms with Crippen molar-refractivity contribution in [3.63, 3.8) is 0 Å². The monoisotopic (exact) mass is 496 g/mol. The number of aromatic nitrogens is 2. The number of carbonyl (C=O) groups excluding carboxylic acids is 1. The van der Waals surface area contributed by atoms with Crippen LogP contribution in [0.3, 0.4) is 0 Å². The van der Waals surface area contributed by atoms with Gasteiger partial charge >= 0.3 is 5.76 Å². The summed E-state index contributed by atoms with van der Waals surface area (Å²) in [5.41, 5.74) is 1.80. The van der Waals surface area contributed by atoms with Gasteiger partial charge in [0.25, 0.3) is 0 Å². The van der Waals surface area contributed by atoms with E-state index >= 15 is 0 Å². The molecule has 0 bridgehead atoms. The molecule has 1 amide bonds. The van der Waals surface area contributed by atoms with Crippen molar-refractivity contribution in [3.05, 3.63) is 53.0 Å². The third-order valence-electron chi connectivity index (χ3n) is 6.03. The van der Waals surface area contributed by atoms with Gasteiger partial charge in [0.05, 0.1) is 30.0 Å². The third-order valence-corrected chi connectivity index (χ3v) is 7.07. The summed E-state index contributed by atoms with van der Waals surface area (Å²) in [5.74, 6) is -0.0568. The van der Waals surface area contributed by atoms with Crippen molar-refractivity contribution < 1.29 is 18.7 Å². The van der Waals surface area contributed by atoms with E-state index in [0.717, 1.165) is 49.5 Å². The number of benzene rings is 2. The van der Waals surface area contributed by atoms with E-state index in [0.29, 0.717) is 35.1 Å². The number of fused-ring (bicyclic) bond motifs is 2. The predicted molar refractivity (Wildman–Crippen MR) is 135 cm³/mol. The summed E-state index contributed by atoms with van der Waals surface area (Å²) >= 11 is 1.45. The van der Waals surface area contributed by atoms with Gasteiger partial charge in [-0.15, -0.1) is 0 Å². The second-order valence-electron chi connectivity index (χ2n) is 8.31. The Kier molecular flexibility index (Phi) is 7.12. The van der Waals surface area contributed by atoms with Crippen molar-refractivity contribution >= 4 is 43.7 Å². The molecule has 4 aromatic rings. The Hall–Kier alpha value is -3.21. The SMILES string of the molecule is CCOc1cccc2sc(N(CCCN3CCOCC3)C(=O)Cn3c(=O)oc4ccccc43)nc12. The lowest BCUT2D eigenvalue weighted by Gasteiger charge is -2.27. The summed E-state index contributed by atoms with van der Waals surface area (Å²) < 4.78 is 18.8. The van der Waals surface area contributed by atoms with Crippen LogP contribution in [0.5, 0.6) is 5.75 Å². The molecule has 1 saturated heterocycles. The first kappa shape index (κ1) is 23.5. The van der Waals surface area contributed by atoms with E-state index in [-0.39, 0.29) is 12.5 Å². The number of thiazole rings is 1. The molecule has 0 spiro atoms. The van der Waals surface area contributed by atoms with Crippen LogP contribution in [-0.4, -0.2) is 66.4 Å². The Morgan fingerprint density at radius 1 is 1.17 bits per heavy atom. The van der Waals surface area contributed by atoms with Crippen molar-refractivity contribution in [2.75, 3.05) is 50.9 Å². The molecule has 1 fully saturated rings. The standard InChI is InChI=1S/C25H28N4O5S/c1-2-33-20-9-5-10-21-23(20)26-24(35-21)28(12-6-11-27-13-15-32-16-14-27)22(30)17-29-18-7-3-4-8-19(18)34-25(29)31/h3-5,7-10H,2,6,11-17H2,1H3. The van der Waals surface area contributed by atoms with Crippen LogP contribution in [-0.2, 0) is 16.1 Å². The molecule has 9 nitrogen and oxygen atoms in total. The molecular formula is C25H28N4O5S. The quantitative estimate of drug-likeness (QED) is 0.351. The number of rotatable bonds is 9. The number of amides is 1. The summed E-state index contributed by atoms with van der Waals surface area (Å²) in [5, 5.41) is 0.597. The average Bonchev–Trinajstić information content (AvgIpc) is 3.44. The highest BCUT2D eigenvalue weighted by molar-refractivity contribution is 7.22. The largest absolute Gasteiger partial charge is 0.492 e. The molecule has 35 heavy (non-hydrogen) atoms. The van der Waals surface area contributed by atoms with Gasteiger partial charge in [-0.05, 0) is 37.6 Å². The number of para-hydroxylation sites is 3. The van der Waals surface area contributed by atoms with Gasteiger partial charge in [-0.3, -0.25) is 19.2 Å². The third kappa shape index (κ3) is 5.09. The molecular weight excluding hydrogens is 468 g/mol. The zero-order valence-corrected chi connectivity index (χ0v) is 20.5. The van der Waals surface area contributed by atoms with E-state index < -0.39 is 5.76 Å². The first-order chi connectivity index (χ1) is 17.1. The Balaban J connectivity index is 1.42. The lowest BCUT2D eigenvalue weighted by Crippen LogP contribution is -2.40. The summed E-state index contributed by atoms with van der Waals surface area (Å²) in [6.45, 7) is 6.94. The minimum atomic E-state index is -0.546. The van der Waals surface area contributed by atoms with Gasteiger partial charge in [-0.2, -0.15) is 0 Å². The molecule has 5 rings (SSSR count). The molecule has 0 N–H and O–H groups in total. The second kappa shape index (κ2) is 10.6. The molecule has 0 atom stereocenters. The Labute approximate surface area is 206 Å². The summed E-state index contributed by atoms with van der Waals surface area (Å²) in [6.07, 6.45) is 0.779. The van der Waals surface area contributed by atoms with Gasteiger partial charge in [-0.25, -0.2) is 9.78 Å². The minimum Gasteiger partial charge on any atom is -0.492 e. The fraction of sp³-hybridized carbons (Fsp3) is 0.400. The highest BCUT2D eigenvalue weighted by Crippen LogP contribution is 2.34. The Morgan fingerprint density at radius 3 is 2.83 bits per heavy atom. The lowest BCUT2D eigenvalue weighted by atomic mass is 10.3. The predicted octanol–water partition coefficient (Wildman–Crippen LogP) is 3.36. The zero-order valence-electron chi connectivity index (χ0n) is 19.6. The number of oxazole rings is 1. The fourth-order valence-electron chi connectivity index (χ4n) is 4.29. The van der Waals surface area contributed by atoms with Crippen molar-refractivity contribution in [3.8, 4) is 5.75 Å². The van der Waals surface area contributed by atoms with E-state index in [4.69, 9.17) is 18.9 Å². The minimum absolute atomic E-state index is 0.123. The van der Waals surface area contributed by atoms with Crippen LogP contribution in [0.1, 0.15) is 13.3 Å². The summed E-state index contributed by atoms with van der Waals surface area (Å²) in [7, 11) is 0. The molecule has 10 heteroatoms. The number of nitrogens with zero attached hydrogens (tertiary/aromatic N) is 4. The van der Waals surface area contributed by atoms with Gasteiger partial charge in [0.2, 0.25) is 5.91 Å². The van der Waals surface area contributed by atoms with Crippen LogP contribution in [0.4, 0.5) is 5.13 Å². The van der Waals surface area contributed by atoms with Crippen LogP contribution >= 0.6 is 11.3 Å². The first-order valence-electron chi connectivity index (χ1n) is 11.8. The maximum absolute atomic E-state index is 13.6. The van der Waals surface area contributed by atoms with Gasteiger partial charge in [0.15, 0.2) is 10.7 Å². The van der Waals surface area contributed by atoms with E-state index in [1.807, 2.05) is 31.2 Å². The van der Waals surface area contributed by atoms with Crippen molar-refractivity contribution in [1.29, 1.82) is 0 Å². The van der Waals surface area contributed by atoms with Gasteiger partial charge in [0.1, 0.15) is 17.8 Å². The van der Waals surface area contributed by atoms with Gasteiger partial charge in [-0.1, -0.05) is 29.5 Å². The number of carbonyl (C=O) groups is 1. The fourth-order valence-corrected chi connectivity index (χ4v) is 5.31. The topological polar surface area (TPSA) is 90.0 Å². The Morgan fingerprint density at radius 2 is 2.00 bits per heavy atom. The second-order valence-corrected chi connectivity index (χ2v) is 9.32. The molecule has 0 saturated carbocycles. The number of hydrogen-bond acceptors (Lipinski definition) is 8. The summed E-state index contributed by atoms with van der Waals surface area (Å²) in [4.78, 5) is 34.9.